The molecule has 0 bridgehead atoms. The molecule has 2 nitrogen and oxygen atoms in total. The predicted octanol–water partition coefficient (Wildman–Crippen LogP) is 1.53. The van der Waals surface area contributed by atoms with Crippen LogP contribution >= 0.6 is 0 Å². The van der Waals surface area contributed by atoms with Crippen LogP contribution in [0.3, 0.4) is 0 Å². The highest BCUT2D eigenvalue weighted by Crippen LogP contribution is 2.24. The summed E-state index contributed by atoms with van der Waals surface area (Å²) < 4.78 is 13.0. The van der Waals surface area contributed by atoms with E-state index >= 15 is 0 Å². The fraction of sp³-hybridized carbons (Fsp3) is 1.00. The molecule has 1 heterocycles. The molecule has 0 aromatic carbocycles. The fourth-order valence-electron chi connectivity index (χ4n) is 2.12. The first kappa shape index (κ1) is 9.93. The minimum Gasteiger partial charge on any atom is -0.304 e. The van der Waals surface area contributed by atoms with Gasteiger partial charge < -0.3 is 4.90 Å². The van der Waals surface area contributed by atoms with Crippen molar-refractivity contribution in [3.8, 4) is 0 Å². The third-order valence-corrected chi connectivity index (χ3v) is 2.71. The summed E-state index contributed by atoms with van der Waals surface area (Å²) in [7, 11) is 3.60. The molecule has 0 N–H and O–H groups in total. The zero-order valence-corrected chi connectivity index (χ0v) is 8.26. The van der Waals surface area contributed by atoms with Gasteiger partial charge in [-0.25, -0.2) is 0 Å². The monoisotopic (exact) mass is 174 g/mol. The van der Waals surface area contributed by atoms with Gasteiger partial charge in [-0.05, 0) is 19.4 Å². The molecule has 0 radical (unpaired) electrons. The second-order valence-corrected chi connectivity index (χ2v) is 3.86. The summed E-state index contributed by atoms with van der Waals surface area (Å²) in [6.07, 6.45) is 2.30. The molecular formula is C9H19FN2. The van der Waals surface area contributed by atoms with Crippen molar-refractivity contribution in [2.24, 2.45) is 5.92 Å². The Morgan fingerprint density at radius 3 is 2.67 bits per heavy atom. The van der Waals surface area contributed by atoms with Crippen LogP contribution in [0.2, 0.25) is 0 Å². The van der Waals surface area contributed by atoms with E-state index < -0.39 is 0 Å². The van der Waals surface area contributed by atoms with E-state index in [4.69, 9.17) is 0 Å². The van der Waals surface area contributed by atoms with Gasteiger partial charge in [0.2, 0.25) is 0 Å². The molecule has 1 fully saturated rings. The number of hydrogen-bond acceptors (Lipinski definition) is 2. The average molecular weight is 174 g/mol. The molecule has 0 aromatic rings. The molecule has 2 atom stereocenters. The summed E-state index contributed by atoms with van der Waals surface area (Å²) in [6, 6.07) is 0.120. The van der Waals surface area contributed by atoms with Crippen LogP contribution in [0.1, 0.15) is 19.8 Å². The van der Waals surface area contributed by atoms with Crippen LogP contribution in [0, 0.1) is 5.92 Å². The molecule has 1 rings (SSSR count). The van der Waals surface area contributed by atoms with Crippen LogP contribution < -0.4 is 0 Å². The van der Waals surface area contributed by atoms with Crippen LogP contribution in [0.25, 0.3) is 0 Å². The van der Waals surface area contributed by atoms with Crippen LogP contribution in [-0.4, -0.2) is 43.2 Å². The molecule has 0 aromatic heterocycles. The van der Waals surface area contributed by atoms with Crippen LogP contribution in [0.4, 0.5) is 4.48 Å². The zero-order valence-electron chi connectivity index (χ0n) is 8.26. The van der Waals surface area contributed by atoms with Crippen molar-refractivity contribution < 1.29 is 4.48 Å². The van der Waals surface area contributed by atoms with Gasteiger partial charge in [-0.3, -0.25) is 0 Å². The maximum Gasteiger partial charge on any atom is 0.0566 e. The molecule has 72 valence electrons. The fourth-order valence-corrected chi connectivity index (χ4v) is 2.12. The van der Waals surface area contributed by atoms with Gasteiger partial charge in [0.25, 0.3) is 0 Å². The van der Waals surface area contributed by atoms with E-state index in [1.54, 1.807) is 0 Å². The lowest BCUT2D eigenvalue weighted by Gasteiger charge is -2.20. The summed E-state index contributed by atoms with van der Waals surface area (Å²) in [5.41, 5.74) is 0. The number of likely N-dealkylation sites (tertiary alicyclic amines) is 1. The molecule has 0 saturated carbocycles. The molecule has 12 heavy (non-hydrogen) atoms. The van der Waals surface area contributed by atoms with Gasteiger partial charge in [-0.1, -0.05) is 13.3 Å². The molecule has 3 heteroatoms. The smallest absolute Gasteiger partial charge is 0.0566 e. The lowest BCUT2D eigenvalue weighted by molar-refractivity contribution is -0.00404. The van der Waals surface area contributed by atoms with E-state index in [2.05, 4.69) is 18.9 Å². The van der Waals surface area contributed by atoms with Crippen LogP contribution in [0.15, 0.2) is 0 Å². The topological polar surface area (TPSA) is 6.48 Å². The molecule has 1 aliphatic rings. The molecule has 0 amide bonds. The minimum atomic E-state index is 0.120. The van der Waals surface area contributed by atoms with Gasteiger partial charge in [-0.15, -0.1) is 9.60 Å². The third-order valence-electron chi connectivity index (χ3n) is 2.71. The first-order valence-corrected chi connectivity index (χ1v) is 4.72. The van der Waals surface area contributed by atoms with Gasteiger partial charge in [0, 0.05) is 20.1 Å². The van der Waals surface area contributed by atoms with Crippen molar-refractivity contribution in [1.29, 1.82) is 0 Å². The van der Waals surface area contributed by atoms with Crippen molar-refractivity contribution in [1.82, 2.24) is 10.0 Å². The second-order valence-electron chi connectivity index (χ2n) is 3.86. The lowest BCUT2D eigenvalue weighted by Crippen LogP contribution is -2.32. The molecule has 0 aliphatic carbocycles. The van der Waals surface area contributed by atoms with Crippen LogP contribution in [-0.2, 0) is 0 Å². The summed E-state index contributed by atoms with van der Waals surface area (Å²) in [5.74, 6) is 0.523. The Balaban J connectivity index is 2.47. The number of hydrogen-bond donors (Lipinski definition) is 0. The molecule has 0 unspecified atom stereocenters. The summed E-state index contributed by atoms with van der Waals surface area (Å²) in [5, 5.41) is 0.879. The maximum atomic E-state index is 13.0. The molecular weight excluding hydrogens is 155 g/mol. The van der Waals surface area contributed by atoms with Crippen molar-refractivity contribution >= 4 is 0 Å². The Morgan fingerprint density at radius 1 is 1.50 bits per heavy atom. The van der Waals surface area contributed by atoms with Gasteiger partial charge in [0.05, 0.1) is 6.04 Å². The predicted molar refractivity (Wildman–Crippen MR) is 48.6 cm³/mol. The number of nitrogens with zero attached hydrogens (tertiary/aromatic N) is 2. The molecule has 1 saturated heterocycles. The number of rotatable bonds is 3. The normalized spacial score (nSPS) is 31.8. The van der Waals surface area contributed by atoms with Crippen molar-refractivity contribution in [3.05, 3.63) is 0 Å². The first-order valence-electron chi connectivity index (χ1n) is 4.72. The van der Waals surface area contributed by atoms with Gasteiger partial charge >= 0.3 is 0 Å². The standard InChI is InChI=1S/C9H19FN2/c1-4-5-8-6-11(2)7-9(8)12(3)10/h8-9H,4-7H2,1-3H3/t8-,9+/m1/s1. The van der Waals surface area contributed by atoms with E-state index in [0.29, 0.717) is 5.92 Å². The highest BCUT2D eigenvalue weighted by Gasteiger charge is 2.33. The Morgan fingerprint density at radius 2 is 2.17 bits per heavy atom. The largest absolute Gasteiger partial charge is 0.304 e. The van der Waals surface area contributed by atoms with E-state index in [1.807, 2.05) is 0 Å². The Hall–Kier alpha value is -0.150. The van der Waals surface area contributed by atoms with E-state index in [0.717, 1.165) is 31.1 Å². The quantitative estimate of drug-likeness (QED) is 0.599. The van der Waals surface area contributed by atoms with Crippen molar-refractivity contribution in [3.63, 3.8) is 0 Å². The van der Waals surface area contributed by atoms with Crippen molar-refractivity contribution in [2.45, 2.75) is 25.8 Å². The van der Waals surface area contributed by atoms with E-state index in [-0.39, 0.29) is 6.04 Å². The SMILES string of the molecule is CCC[C@@H]1CN(C)C[C@@H]1N(C)F. The van der Waals surface area contributed by atoms with E-state index in [1.165, 1.54) is 7.05 Å². The summed E-state index contributed by atoms with van der Waals surface area (Å²) >= 11 is 0. The Kier molecular flexibility index (Phi) is 3.47. The first-order chi connectivity index (χ1) is 5.65. The van der Waals surface area contributed by atoms with Crippen LogP contribution in [0.5, 0.6) is 0 Å². The summed E-state index contributed by atoms with van der Waals surface area (Å²) in [4.78, 5) is 2.21. The molecule has 1 aliphatic heterocycles. The lowest BCUT2D eigenvalue weighted by atomic mass is 9.98. The highest BCUT2D eigenvalue weighted by molar-refractivity contribution is 4.85. The van der Waals surface area contributed by atoms with Gasteiger partial charge in [-0.2, -0.15) is 0 Å². The number of halogens is 1. The van der Waals surface area contributed by atoms with Gasteiger partial charge in [0.1, 0.15) is 0 Å². The van der Waals surface area contributed by atoms with Gasteiger partial charge in [0.15, 0.2) is 0 Å². The molecule has 0 spiro atoms. The zero-order chi connectivity index (χ0) is 9.14. The maximum absolute atomic E-state index is 13.0. The van der Waals surface area contributed by atoms with E-state index in [9.17, 15) is 4.48 Å². The third kappa shape index (κ3) is 2.17. The number of likely N-dealkylation sites (N-methyl/N-ethyl adjacent to an activating group) is 2. The minimum absolute atomic E-state index is 0.120. The highest BCUT2D eigenvalue weighted by atomic mass is 19.2. The second kappa shape index (κ2) is 4.19. The summed E-state index contributed by atoms with van der Waals surface area (Å²) in [6.45, 7) is 4.08. The average Bonchev–Trinajstić information content (AvgIpc) is 2.32. The Labute approximate surface area is 74.3 Å². The Bertz CT molecular complexity index is 138. The van der Waals surface area contributed by atoms with Crippen molar-refractivity contribution in [2.75, 3.05) is 27.2 Å².